The minimum atomic E-state index is -0.0483. The van der Waals surface area contributed by atoms with E-state index < -0.39 is 0 Å². The molecule has 0 bridgehead atoms. The molecule has 146 valence electrons. The van der Waals surface area contributed by atoms with Crippen molar-refractivity contribution in [1.82, 2.24) is 15.1 Å². The molecule has 0 aromatic heterocycles. The first-order valence-electron chi connectivity index (χ1n) is 10.2. The zero-order chi connectivity index (χ0) is 19.3. The highest BCUT2D eigenvalue weighted by molar-refractivity contribution is 5.81. The van der Waals surface area contributed by atoms with E-state index in [1.54, 1.807) is 0 Å². The van der Waals surface area contributed by atoms with Crippen LogP contribution in [0.3, 0.4) is 0 Å². The van der Waals surface area contributed by atoms with Crippen molar-refractivity contribution in [3.8, 4) is 11.1 Å². The fourth-order valence-corrected chi connectivity index (χ4v) is 3.66. The molecule has 2 fully saturated rings. The van der Waals surface area contributed by atoms with Gasteiger partial charge in [-0.15, -0.1) is 0 Å². The SMILES string of the molecule is O=C(NCc1ccc(-c2ccccc2)cc1)N1CCCN(C(=O)C2CC2)CC1. The monoisotopic (exact) mass is 377 g/mol. The van der Waals surface area contributed by atoms with Crippen LogP contribution in [0.1, 0.15) is 24.8 Å². The van der Waals surface area contributed by atoms with E-state index in [2.05, 4.69) is 41.7 Å². The first-order valence-corrected chi connectivity index (χ1v) is 10.2. The Morgan fingerprint density at radius 3 is 2.18 bits per heavy atom. The second-order valence-electron chi connectivity index (χ2n) is 7.66. The first kappa shape index (κ1) is 18.5. The van der Waals surface area contributed by atoms with E-state index in [4.69, 9.17) is 0 Å². The van der Waals surface area contributed by atoms with Gasteiger partial charge in [0.15, 0.2) is 0 Å². The van der Waals surface area contributed by atoms with Gasteiger partial charge in [0.25, 0.3) is 0 Å². The summed E-state index contributed by atoms with van der Waals surface area (Å²) in [6.07, 6.45) is 2.91. The van der Waals surface area contributed by atoms with Crippen molar-refractivity contribution in [2.24, 2.45) is 5.92 Å². The number of rotatable bonds is 4. The molecule has 1 aliphatic heterocycles. The number of urea groups is 1. The summed E-state index contributed by atoms with van der Waals surface area (Å²) in [6, 6.07) is 18.5. The average molecular weight is 377 g/mol. The Morgan fingerprint density at radius 2 is 1.46 bits per heavy atom. The van der Waals surface area contributed by atoms with Gasteiger partial charge in [-0.3, -0.25) is 4.79 Å². The van der Waals surface area contributed by atoms with Gasteiger partial charge in [-0.2, -0.15) is 0 Å². The average Bonchev–Trinajstić information content (AvgIpc) is 3.59. The third-order valence-corrected chi connectivity index (χ3v) is 5.53. The molecule has 0 spiro atoms. The van der Waals surface area contributed by atoms with Crippen molar-refractivity contribution < 1.29 is 9.59 Å². The molecule has 2 aromatic carbocycles. The fraction of sp³-hybridized carbons (Fsp3) is 0.391. The maximum Gasteiger partial charge on any atom is 0.317 e. The van der Waals surface area contributed by atoms with E-state index in [-0.39, 0.29) is 17.9 Å². The Balaban J connectivity index is 1.27. The summed E-state index contributed by atoms with van der Waals surface area (Å²) in [5.74, 6) is 0.528. The number of hydrogen-bond acceptors (Lipinski definition) is 2. The van der Waals surface area contributed by atoms with Crippen molar-refractivity contribution >= 4 is 11.9 Å². The Hall–Kier alpha value is -2.82. The van der Waals surface area contributed by atoms with Gasteiger partial charge in [0.2, 0.25) is 5.91 Å². The lowest BCUT2D eigenvalue weighted by Crippen LogP contribution is -2.42. The molecule has 2 aliphatic rings. The number of benzene rings is 2. The molecule has 2 aromatic rings. The molecule has 4 rings (SSSR count). The quantitative estimate of drug-likeness (QED) is 0.887. The van der Waals surface area contributed by atoms with Crippen molar-refractivity contribution in [3.63, 3.8) is 0 Å². The van der Waals surface area contributed by atoms with E-state index in [9.17, 15) is 9.59 Å². The second kappa shape index (κ2) is 8.46. The van der Waals surface area contributed by atoms with Crippen molar-refractivity contribution in [1.29, 1.82) is 0 Å². The van der Waals surface area contributed by atoms with Gasteiger partial charge in [-0.05, 0) is 36.0 Å². The third kappa shape index (κ3) is 4.53. The van der Waals surface area contributed by atoms with Gasteiger partial charge in [0.05, 0.1) is 0 Å². The van der Waals surface area contributed by atoms with Gasteiger partial charge >= 0.3 is 6.03 Å². The number of nitrogens with zero attached hydrogens (tertiary/aromatic N) is 2. The molecule has 0 radical (unpaired) electrons. The Morgan fingerprint density at radius 1 is 0.821 bits per heavy atom. The Kier molecular flexibility index (Phi) is 5.60. The van der Waals surface area contributed by atoms with Crippen LogP contribution in [0.15, 0.2) is 54.6 Å². The van der Waals surface area contributed by atoms with Gasteiger partial charge in [-0.1, -0.05) is 54.6 Å². The van der Waals surface area contributed by atoms with Gasteiger partial charge < -0.3 is 15.1 Å². The topological polar surface area (TPSA) is 52.7 Å². The molecule has 28 heavy (non-hydrogen) atoms. The minimum Gasteiger partial charge on any atom is -0.341 e. The predicted molar refractivity (Wildman–Crippen MR) is 110 cm³/mol. The van der Waals surface area contributed by atoms with Crippen LogP contribution in [0.5, 0.6) is 0 Å². The highest BCUT2D eigenvalue weighted by Crippen LogP contribution is 2.31. The van der Waals surface area contributed by atoms with Crippen molar-refractivity contribution in [2.45, 2.75) is 25.8 Å². The Labute approximate surface area is 166 Å². The smallest absolute Gasteiger partial charge is 0.317 e. The lowest BCUT2D eigenvalue weighted by molar-refractivity contribution is -0.132. The summed E-state index contributed by atoms with van der Waals surface area (Å²) in [6.45, 7) is 3.23. The van der Waals surface area contributed by atoms with E-state index in [0.29, 0.717) is 26.2 Å². The summed E-state index contributed by atoms with van der Waals surface area (Å²) >= 11 is 0. The number of carbonyl (C=O) groups excluding carboxylic acids is 2. The number of nitrogens with one attached hydrogen (secondary N) is 1. The van der Waals surface area contributed by atoms with Crippen LogP contribution in [0.25, 0.3) is 11.1 Å². The molecule has 5 heteroatoms. The molecule has 1 N–H and O–H groups in total. The molecule has 1 heterocycles. The van der Waals surface area contributed by atoms with Crippen LogP contribution in [0, 0.1) is 5.92 Å². The van der Waals surface area contributed by atoms with E-state index in [1.165, 1.54) is 11.1 Å². The standard InChI is InChI=1S/C23H27N3O2/c27-22(21-11-12-21)25-13-4-14-26(16-15-25)23(28)24-17-18-7-9-20(10-8-18)19-5-2-1-3-6-19/h1-3,5-10,21H,4,11-17H2,(H,24,28). The van der Waals surface area contributed by atoms with Gasteiger partial charge in [-0.25, -0.2) is 4.79 Å². The molecule has 1 saturated carbocycles. The first-order chi connectivity index (χ1) is 13.7. The highest BCUT2D eigenvalue weighted by Gasteiger charge is 2.34. The Bertz CT molecular complexity index is 816. The predicted octanol–water partition coefficient (Wildman–Crippen LogP) is 3.51. The summed E-state index contributed by atoms with van der Waals surface area (Å²) in [5.41, 5.74) is 3.44. The van der Waals surface area contributed by atoms with E-state index in [0.717, 1.165) is 31.4 Å². The van der Waals surface area contributed by atoms with Crippen LogP contribution in [0.2, 0.25) is 0 Å². The molecule has 3 amide bonds. The third-order valence-electron chi connectivity index (χ3n) is 5.53. The molecule has 0 atom stereocenters. The van der Waals surface area contributed by atoms with E-state index in [1.807, 2.05) is 28.0 Å². The van der Waals surface area contributed by atoms with Gasteiger partial charge in [0, 0.05) is 38.6 Å². The zero-order valence-corrected chi connectivity index (χ0v) is 16.1. The van der Waals surface area contributed by atoms with Crippen LogP contribution in [-0.4, -0.2) is 47.9 Å². The summed E-state index contributed by atoms with van der Waals surface area (Å²) in [4.78, 5) is 28.6. The van der Waals surface area contributed by atoms with Crippen molar-refractivity contribution in [2.75, 3.05) is 26.2 Å². The highest BCUT2D eigenvalue weighted by atomic mass is 16.2. The number of amides is 3. The summed E-state index contributed by atoms with van der Waals surface area (Å²) in [7, 11) is 0. The summed E-state index contributed by atoms with van der Waals surface area (Å²) < 4.78 is 0. The van der Waals surface area contributed by atoms with Crippen LogP contribution < -0.4 is 5.32 Å². The molecule has 1 saturated heterocycles. The lowest BCUT2D eigenvalue weighted by Gasteiger charge is -2.22. The van der Waals surface area contributed by atoms with Crippen LogP contribution in [-0.2, 0) is 11.3 Å². The number of hydrogen-bond donors (Lipinski definition) is 1. The van der Waals surface area contributed by atoms with Crippen LogP contribution in [0.4, 0.5) is 4.79 Å². The lowest BCUT2D eigenvalue weighted by atomic mass is 10.0. The fourth-order valence-electron chi connectivity index (χ4n) is 3.66. The van der Waals surface area contributed by atoms with E-state index >= 15 is 0 Å². The van der Waals surface area contributed by atoms with Crippen LogP contribution >= 0.6 is 0 Å². The zero-order valence-electron chi connectivity index (χ0n) is 16.1. The van der Waals surface area contributed by atoms with Gasteiger partial charge in [0.1, 0.15) is 0 Å². The molecule has 1 aliphatic carbocycles. The second-order valence-corrected chi connectivity index (χ2v) is 7.66. The van der Waals surface area contributed by atoms with Crippen molar-refractivity contribution in [3.05, 3.63) is 60.2 Å². The summed E-state index contributed by atoms with van der Waals surface area (Å²) in [5, 5.41) is 3.02. The molecular formula is C23H27N3O2. The maximum atomic E-state index is 12.5. The molecular weight excluding hydrogens is 350 g/mol. The minimum absolute atomic E-state index is 0.0483. The maximum absolute atomic E-state index is 12.5. The number of carbonyl (C=O) groups is 2. The normalized spacial score (nSPS) is 17.1. The molecule has 5 nitrogen and oxygen atoms in total. The largest absolute Gasteiger partial charge is 0.341 e. The molecule has 0 unspecified atom stereocenters.